The molecule has 0 aromatic rings. The molecule has 0 bridgehead atoms. The normalized spacial score (nSPS) is 2.60. The Labute approximate surface area is 85.3 Å². The molecule has 0 unspecified atom stereocenters. The summed E-state index contributed by atoms with van der Waals surface area (Å²) in [5, 5.41) is 0. The fourth-order valence-corrected chi connectivity index (χ4v) is 0. The first-order valence-corrected chi connectivity index (χ1v) is 0.986. The van der Waals surface area contributed by atoms with Gasteiger partial charge in [0.05, 0.1) is 0 Å². The van der Waals surface area contributed by atoms with Gasteiger partial charge in [0.2, 0.25) is 0 Å². The molecule has 0 heterocycles. The third-order valence-corrected chi connectivity index (χ3v) is 0. The summed E-state index contributed by atoms with van der Waals surface area (Å²) in [6.45, 7) is 5.25. The Kier molecular flexibility index (Phi) is 52.5. The van der Waals surface area contributed by atoms with E-state index < -0.39 is 0 Å². The molecule has 0 amide bonds. The standard InChI is InChI=1S/C3H6.Ca.Na.3H/c1-3-2;;;;;/h3H,1H2,2H3;;;;;. The van der Waals surface area contributed by atoms with Crippen molar-refractivity contribution >= 4 is 67.3 Å². The molecular formula is C3H9CaNa. The Morgan fingerprint density at radius 3 is 1.60 bits per heavy atom. The van der Waals surface area contributed by atoms with Crippen LogP contribution in [0.2, 0.25) is 0 Å². The predicted molar refractivity (Wildman–Crippen MR) is 31.6 cm³/mol. The molecule has 0 spiro atoms. The van der Waals surface area contributed by atoms with Crippen LogP contribution in [-0.2, 0) is 0 Å². The SMILES string of the molecule is C=CC.[CaH2].[NaH]. The molecule has 0 N–H and O–H groups in total. The van der Waals surface area contributed by atoms with E-state index in [4.69, 9.17) is 0 Å². The van der Waals surface area contributed by atoms with Gasteiger partial charge >= 0.3 is 67.3 Å². The summed E-state index contributed by atoms with van der Waals surface area (Å²) >= 11 is 0. The van der Waals surface area contributed by atoms with Crippen LogP contribution in [0.5, 0.6) is 0 Å². The van der Waals surface area contributed by atoms with E-state index in [2.05, 4.69) is 6.58 Å². The van der Waals surface area contributed by atoms with Gasteiger partial charge in [0.1, 0.15) is 0 Å². The molecule has 2 heteroatoms. The number of hydrogen-bond donors (Lipinski definition) is 0. The molecule has 0 fully saturated rings. The van der Waals surface area contributed by atoms with Crippen LogP contribution in [0.15, 0.2) is 12.7 Å². The van der Waals surface area contributed by atoms with Gasteiger partial charge < -0.3 is 0 Å². The molecule has 0 aliphatic carbocycles. The Morgan fingerprint density at radius 2 is 1.60 bits per heavy atom. The van der Waals surface area contributed by atoms with Crippen LogP contribution in [0.25, 0.3) is 0 Å². The summed E-state index contributed by atoms with van der Waals surface area (Å²) in [5.74, 6) is 0. The van der Waals surface area contributed by atoms with E-state index in [1.165, 1.54) is 0 Å². The molecule has 0 aromatic heterocycles. The minimum atomic E-state index is 0. The van der Waals surface area contributed by atoms with E-state index in [1.807, 2.05) is 6.92 Å². The first kappa shape index (κ1) is 15.8. The minimum absolute atomic E-state index is 0. The van der Waals surface area contributed by atoms with Gasteiger partial charge in [-0.1, -0.05) is 6.08 Å². The first-order valence-electron chi connectivity index (χ1n) is 0.986. The number of rotatable bonds is 0. The first-order chi connectivity index (χ1) is 1.41. The van der Waals surface area contributed by atoms with E-state index in [1.54, 1.807) is 6.08 Å². The van der Waals surface area contributed by atoms with Crippen molar-refractivity contribution in [1.82, 2.24) is 0 Å². The number of allylic oxidation sites excluding steroid dienone is 1. The van der Waals surface area contributed by atoms with Crippen LogP contribution >= 0.6 is 0 Å². The molecular weight excluding hydrogens is 99.1 g/mol. The zero-order valence-electron chi connectivity index (χ0n) is 2.28. The predicted octanol–water partition coefficient (Wildman–Crippen LogP) is -0.372. The fourth-order valence-electron chi connectivity index (χ4n) is 0. The monoisotopic (exact) mass is 108 g/mol. The molecule has 0 atom stereocenters. The molecule has 0 aliphatic rings. The molecule has 0 radical (unpaired) electrons. The Bertz CT molecular complexity index is 14.4. The molecule has 0 nitrogen and oxygen atoms in total. The fraction of sp³-hybridized carbons (Fsp3) is 0.333. The third kappa shape index (κ3) is 24.0. The summed E-state index contributed by atoms with van der Waals surface area (Å²) in [6, 6.07) is 0. The van der Waals surface area contributed by atoms with Crippen molar-refractivity contribution in [3.05, 3.63) is 12.7 Å². The van der Waals surface area contributed by atoms with E-state index in [9.17, 15) is 0 Å². The van der Waals surface area contributed by atoms with Gasteiger partial charge in [-0.3, -0.25) is 0 Å². The van der Waals surface area contributed by atoms with Crippen molar-refractivity contribution in [2.45, 2.75) is 6.92 Å². The van der Waals surface area contributed by atoms with Gasteiger partial charge in [0.15, 0.2) is 0 Å². The van der Waals surface area contributed by atoms with Crippen molar-refractivity contribution in [1.29, 1.82) is 0 Å². The Hall–Kier alpha value is 2.00. The van der Waals surface area contributed by atoms with Crippen molar-refractivity contribution in [3.63, 3.8) is 0 Å². The average molecular weight is 108 g/mol. The molecule has 0 saturated carbocycles. The van der Waals surface area contributed by atoms with Crippen molar-refractivity contribution < 1.29 is 0 Å². The second-order valence-corrected chi connectivity index (χ2v) is 0.408. The summed E-state index contributed by atoms with van der Waals surface area (Å²) in [5.41, 5.74) is 0. The van der Waals surface area contributed by atoms with Gasteiger partial charge in [-0.05, 0) is 6.92 Å². The van der Waals surface area contributed by atoms with E-state index in [0.29, 0.717) is 0 Å². The summed E-state index contributed by atoms with van der Waals surface area (Å²) in [6.07, 6.45) is 1.75. The molecule has 0 rings (SSSR count). The second-order valence-electron chi connectivity index (χ2n) is 0.408. The third-order valence-electron chi connectivity index (χ3n) is 0. The van der Waals surface area contributed by atoms with Gasteiger partial charge in [-0.15, -0.1) is 6.58 Å². The van der Waals surface area contributed by atoms with Crippen LogP contribution in [0.4, 0.5) is 0 Å². The molecule has 24 valence electrons. The van der Waals surface area contributed by atoms with Gasteiger partial charge in [0.25, 0.3) is 0 Å². The van der Waals surface area contributed by atoms with E-state index in [0.717, 1.165) is 0 Å². The Balaban J connectivity index is -0.0000000200. The molecule has 5 heavy (non-hydrogen) atoms. The zero-order valence-corrected chi connectivity index (χ0v) is 2.28. The van der Waals surface area contributed by atoms with Crippen LogP contribution in [0.3, 0.4) is 0 Å². The topological polar surface area (TPSA) is 0 Å². The summed E-state index contributed by atoms with van der Waals surface area (Å²) < 4.78 is 0. The van der Waals surface area contributed by atoms with Gasteiger partial charge in [-0.2, -0.15) is 0 Å². The average Bonchev–Trinajstić information content (AvgIpc) is 0.918. The van der Waals surface area contributed by atoms with Crippen LogP contribution in [-0.4, -0.2) is 67.3 Å². The number of hydrogen-bond acceptors (Lipinski definition) is 0. The maximum absolute atomic E-state index is 3.36. The van der Waals surface area contributed by atoms with E-state index in [-0.39, 0.29) is 67.3 Å². The summed E-state index contributed by atoms with van der Waals surface area (Å²) in [7, 11) is 0. The zero-order chi connectivity index (χ0) is 2.71. The van der Waals surface area contributed by atoms with Gasteiger partial charge in [0, 0.05) is 0 Å². The van der Waals surface area contributed by atoms with E-state index >= 15 is 0 Å². The molecule has 0 saturated heterocycles. The van der Waals surface area contributed by atoms with Crippen molar-refractivity contribution in [3.8, 4) is 0 Å². The van der Waals surface area contributed by atoms with Gasteiger partial charge in [-0.25, -0.2) is 0 Å². The van der Waals surface area contributed by atoms with Crippen LogP contribution in [0, 0.1) is 0 Å². The van der Waals surface area contributed by atoms with Crippen LogP contribution in [0.1, 0.15) is 6.92 Å². The van der Waals surface area contributed by atoms with Crippen LogP contribution < -0.4 is 0 Å². The molecule has 0 aliphatic heterocycles. The van der Waals surface area contributed by atoms with Crippen molar-refractivity contribution in [2.75, 3.05) is 0 Å². The second kappa shape index (κ2) is 16.7. The van der Waals surface area contributed by atoms with Crippen molar-refractivity contribution in [2.24, 2.45) is 0 Å². The quantitative estimate of drug-likeness (QED) is 0.293. The molecule has 0 aromatic carbocycles. The Morgan fingerprint density at radius 1 is 1.60 bits per heavy atom. The maximum atomic E-state index is 3.36. The summed E-state index contributed by atoms with van der Waals surface area (Å²) in [4.78, 5) is 0.